The van der Waals surface area contributed by atoms with Gasteiger partial charge < -0.3 is 0 Å². The molecule has 0 radical (unpaired) electrons. The first kappa shape index (κ1) is 11.4. The molecule has 17 heavy (non-hydrogen) atoms. The number of hydrogen-bond donors (Lipinski definition) is 0. The van der Waals surface area contributed by atoms with Crippen LogP contribution in [0, 0.1) is 25.2 Å². The summed E-state index contributed by atoms with van der Waals surface area (Å²) >= 11 is 0. The van der Waals surface area contributed by atoms with E-state index < -0.39 is 0 Å². The van der Waals surface area contributed by atoms with Crippen molar-refractivity contribution in [3.05, 3.63) is 59.2 Å². The molecular weight excluding hydrogens is 206 g/mol. The van der Waals surface area contributed by atoms with Crippen molar-refractivity contribution in [2.45, 2.75) is 20.3 Å². The maximum atomic E-state index is 8.68. The molecule has 0 saturated carbocycles. The molecule has 0 atom stereocenters. The van der Waals surface area contributed by atoms with Crippen LogP contribution in [-0.2, 0) is 6.42 Å². The van der Waals surface area contributed by atoms with E-state index >= 15 is 0 Å². The fraction of sp³-hybridized carbons (Fsp3) is 0.188. The summed E-state index contributed by atoms with van der Waals surface area (Å²) in [4.78, 5) is 0. The monoisotopic (exact) mass is 221 g/mol. The topological polar surface area (TPSA) is 23.8 Å². The molecule has 0 amide bonds. The Hall–Kier alpha value is -2.07. The SMILES string of the molecule is Cc1ccc(-c2ccc(CC#N)cc2C)cc1. The van der Waals surface area contributed by atoms with Gasteiger partial charge in [0.05, 0.1) is 12.5 Å². The van der Waals surface area contributed by atoms with E-state index in [2.05, 4.69) is 56.3 Å². The van der Waals surface area contributed by atoms with Crippen LogP contribution >= 0.6 is 0 Å². The first-order valence-electron chi connectivity index (χ1n) is 5.74. The zero-order valence-electron chi connectivity index (χ0n) is 10.2. The zero-order chi connectivity index (χ0) is 12.3. The fourth-order valence-electron chi connectivity index (χ4n) is 1.98. The van der Waals surface area contributed by atoms with Gasteiger partial charge in [0.2, 0.25) is 0 Å². The molecule has 0 aliphatic carbocycles. The van der Waals surface area contributed by atoms with E-state index in [1.165, 1.54) is 22.3 Å². The maximum absolute atomic E-state index is 8.68. The maximum Gasteiger partial charge on any atom is 0.0669 e. The average molecular weight is 221 g/mol. The van der Waals surface area contributed by atoms with Gasteiger partial charge in [-0.15, -0.1) is 0 Å². The molecule has 0 heterocycles. The van der Waals surface area contributed by atoms with E-state index in [0.29, 0.717) is 6.42 Å². The summed E-state index contributed by atoms with van der Waals surface area (Å²) in [6, 6.07) is 16.9. The van der Waals surface area contributed by atoms with Crippen molar-refractivity contribution in [2.24, 2.45) is 0 Å². The lowest BCUT2D eigenvalue weighted by Crippen LogP contribution is -1.87. The van der Waals surface area contributed by atoms with E-state index in [1.54, 1.807) is 0 Å². The molecule has 0 spiro atoms. The molecule has 0 aliphatic heterocycles. The number of rotatable bonds is 2. The summed E-state index contributed by atoms with van der Waals surface area (Å²) in [6.45, 7) is 4.18. The molecule has 0 unspecified atom stereocenters. The van der Waals surface area contributed by atoms with Gasteiger partial charge in [0.15, 0.2) is 0 Å². The summed E-state index contributed by atoms with van der Waals surface area (Å²) < 4.78 is 0. The zero-order valence-corrected chi connectivity index (χ0v) is 10.2. The fourth-order valence-corrected chi connectivity index (χ4v) is 1.98. The molecule has 1 heteroatoms. The Morgan fingerprint density at radius 3 is 2.29 bits per heavy atom. The first-order valence-corrected chi connectivity index (χ1v) is 5.74. The number of nitriles is 1. The van der Waals surface area contributed by atoms with Crippen LogP contribution in [0.3, 0.4) is 0 Å². The third-order valence-corrected chi connectivity index (χ3v) is 2.94. The van der Waals surface area contributed by atoms with Crippen LogP contribution in [0.1, 0.15) is 16.7 Å². The Bertz CT molecular complexity index is 559. The number of hydrogen-bond acceptors (Lipinski definition) is 1. The Balaban J connectivity index is 2.40. The third-order valence-electron chi connectivity index (χ3n) is 2.94. The van der Waals surface area contributed by atoms with Crippen LogP contribution in [0.2, 0.25) is 0 Å². The molecule has 1 nitrogen and oxygen atoms in total. The summed E-state index contributed by atoms with van der Waals surface area (Å²) in [5, 5.41) is 8.68. The second kappa shape index (κ2) is 4.84. The Morgan fingerprint density at radius 2 is 1.71 bits per heavy atom. The summed E-state index contributed by atoms with van der Waals surface area (Å²) in [6.07, 6.45) is 0.481. The Morgan fingerprint density at radius 1 is 1.00 bits per heavy atom. The van der Waals surface area contributed by atoms with Crippen LogP contribution in [0.4, 0.5) is 0 Å². The largest absolute Gasteiger partial charge is 0.198 e. The lowest BCUT2D eigenvalue weighted by molar-refractivity contribution is 1.24. The molecule has 2 aromatic carbocycles. The van der Waals surface area contributed by atoms with Gasteiger partial charge >= 0.3 is 0 Å². The van der Waals surface area contributed by atoms with Crippen LogP contribution in [-0.4, -0.2) is 0 Å². The number of nitrogens with zero attached hydrogens (tertiary/aromatic N) is 1. The van der Waals surface area contributed by atoms with Crippen molar-refractivity contribution < 1.29 is 0 Å². The van der Waals surface area contributed by atoms with Gasteiger partial charge in [0.1, 0.15) is 0 Å². The normalized spacial score (nSPS) is 9.94. The van der Waals surface area contributed by atoms with Crippen LogP contribution in [0.15, 0.2) is 42.5 Å². The van der Waals surface area contributed by atoms with E-state index in [-0.39, 0.29) is 0 Å². The second-order valence-corrected chi connectivity index (χ2v) is 4.35. The molecule has 0 N–H and O–H groups in total. The van der Waals surface area contributed by atoms with Gasteiger partial charge in [0, 0.05) is 0 Å². The standard InChI is InChI=1S/C16H15N/c1-12-3-6-15(7-4-12)16-8-5-14(9-10-17)11-13(16)2/h3-8,11H,9H2,1-2H3. The molecule has 2 aromatic rings. The highest BCUT2D eigenvalue weighted by Gasteiger charge is 2.02. The van der Waals surface area contributed by atoms with Gasteiger partial charge in [-0.2, -0.15) is 5.26 Å². The average Bonchev–Trinajstić information content (AvgIpc) is 2.31. The predicted molar refractivity (Wildman–Crippen MR) is 70.7 cm³/mol. The Labute approximate surface area is 102 Å². The number of benzene rings is 2. The highest BCUT2D eigenvalue weighted by atomic mass is 14.2. The van der Waals surface area contributed by atoms with Crippen molar-refractivity contribution in [1.29, 1.82) is 5.26 Å². The Kier molecular flexibility index (Phi) is 3.25. The van der Waals surface area contributed by atoms with Gasteiger partial charge in [-0.05, 0) is 36.1 Å². The van der Waals surface area contributed by atoms with Gasteiger partial charge in [0.25, 0.3) is 0 Å². The van der Waals surface area contributed by atoms with Crippen LogP contribution < -0.4 is 0 Å². The molecular formula is C16H15N. The van der Waals surface area contributed by atoms with Crippen molar-refractivity contribution in [1.82, 2.24) is 0 Å². The predicted octanol–water partition coefficient (Wildman–Crippen LogP) is 4.04. The molecule has 0 aliphatic rings. The van der Waals surface area contributed by atoms with Gasteiger partial charge in [-0.25, -0.2) is 0 Å². The van der Waals surface area contributed by atoms with Crippen LogP contribution in [0.5, 0.6) is 0 Å². The summed E-state index contributed by atoms with van der Waals surface area (Å²) in [5.74, 6) is 0. The minimum atomic E-state index is 0.481. The van der Waals surface area contributed by atoms with Gasteiger partial charge in [-0.1, -0.05) is 48.0 Å². The summed E-state index contributed by atoms with van der Waals surface area (Å²) in [7, 11) is 0. The smallest absolute Gasteiger partial charge is 0.0669 e. The van der Waals surface area contributed by atoms with E-state index in [4.69, 9.17) is 5.26 Å². The third kappa shape index (κ3) is 2.54. The number of aryl methyl sites for hydroxylation is 2. The quantitative estimate of drug-likeness (QED) is 0.751. The minimum Gasteiger partial charge on any atom is -0.198 e. The van der Waals surface area contributed by atoms with Crippen molar-refractivity contribution in [3.8, 4) is 17.2 Å². The highest BCUT2D eigenvalue weighted by molar-refractivity contribution is 5.67. The van der Waals surface area contributed by atoms with E-state index in [0.717, 1.165) is 5.56 Å². The van der Waals surface area contributed by atoms with Crippen LogP contribution in [0.25, 0.3) is 11.1 Å². The lowest BCUT2D eigenvalue weighted by Gasteiger charge is -2.08. The van der Waals surface area contributed by atoms with E-state index in [1.807, 2.05) is 6.07 Å². The van der Waals surface area contributed by atoms with Crippen molar-refractivity contribution in [2.75, 3.05) is 0 Å². The molecule has 84 valence electrons. The summed E-state index contributed by atoms with van der Waals surface area (Å²) in [5.41, 5.74) is 6.05. The molecule has 0 bridgehead atoms. The second-order valence-electron chi connectivity index (χ2n) is 4.35. The van der Waals surface area contributed by atoms with E-state index in [9.17, 15) is 0 Å². The highest BCUT2D eigenvalue weighted by Crippen LogP contribution is 2.24. The lowest BCUT2D eigenvalue weighted by atomic mass is 9.97. The first-order chi connectivity index (χ1) is 8.20. The minimum absolute atomic E-state index is 0.481. The molecule has 0 fully saturated rings. The van der Waals surface area contributed by atoms with Crippen molar-refractivity contribution >= 4 is 0 Å². The van der Waals surface area contributed by atoms with Crippen molar-refractivity contribution in [3.63, 3.8) is 0 Å². The van der Waals surface area contributed by atoms with Gasteiger partial charge in [-0.3, -0.25) is 0 Å². The molecule has 2 rings (SSSR count). The molecule has 0 saturated heterocycles. The molecule has 0 aromatic heterocycles.